The minimum Gasteiger partial charge on any atom is -0.481 e. The molecule has 0 amide bonds. The molecule has 0 saturated carbocycles. The summed E-state index contributed by atoms with van der Waals surface area (Å²) < 4.78 is 15.9. The van der Waals surface area contributed by atoms with E-state index in [1.807, 2.05) is 0 Å². The van der Waals surface area contributed by atoms with Crippen molar-refractivity contribution in [3.05, 3.63) is 88.3 Å². The Labute approximate surface area is 177 Å². The van der Waals surface area contributed by atoms with E-state index < -0.39 is 17.6 Å². The highest BCUT2D eigenvalue weighted by atomic mass is 16.5. The Morgan fingerprint density at radius 3 is 1.87 bits per heavy atom. The second-order valence-corrected chi connectivity index (χ2v) is 6.26. The molecule has 3 aromatic rings. The van der Waals surface area contributed by atoms with Gasteiger partial charge in [0.25, 0.3) is 0 Å². The molecule has 1 heterocycles. The third kappa shape index (κ3) is 4.34. The molecule has 2 aromatic carbocycles. The molecular formula is C21H19N5O5. The molecular weight excluding hydrogens is 402 g/mol. The summed E-state index contributed by atoms with van der Waals surface area (Å²) in [4.78, 5) is 23.5. The molecule has 1 atom stereocenters. The third-order valence-electron chi connectivity index (χ3n) is 4.53. The standard InChI is InChI=1S/C21H19N5O5/c1-29-16-13-17(30-2)24-20(23-16)31-18(19(27)28)21(25-26-22,14-9-5-3-6-10-14)15-11-7-4-8-12-15/h3-13,18H,1-2H3,(H,27,28). The van der Waals surface area contributed by atoms with E-state index >= 15 is 0 Å². The predicted molar refractivity (Wildman–Crippen MR) is 110 cm³/mol. The van der Waals surface area contributed by atoms with Crippen molar-refractivity contribution >= 4 is 5.97 Å². The molecule has 10 heteroatoms. The Hall–Kier alpha value is -4.30. The molecule has 0 fully saturated rings. The van der Waals surface area contributed by atoms with E-state index in [4.69, 9.17) is 14.2 Å². The number of carboxylic acid groups (broad SMARTS) is 1. The Bertz CT molecular complexity index is 1030. The second kappa shape index (κ2) is 9.47. The minimum absolute atomic E-state index is 0.111. The van der Waals surface area contributed by atoms with Crippen LogP contribution in [0.25, 0.3) is 10.4 Å². The van der Waals surface area contributed by atoms with Crippen LogP contribution in [-0.2, 0) is 10.3 Å². The number of methoxy groups -OCH3 is 2. The number of carboxylic acids is 1. The van der Waals surface area contributed by atoms with Gasteiger partial charge < -0.3 is 19.3 Å². The summed E-state index contributed by atoms with van der Waals surface area (Å²) in [5, 5.41) is 14.1. The maximum atomic E-state index is 12.5. The van der Waals surface area contributed by atoms with Crippen LogP contribution >= 0.6 is 0 Å². The van der Waals surface area contributed by atoms with Gasteiger partial charge in [-0.2, -0.15) is 9.97 Å². The summed E-state index contributed by atoms with van der Waals surface area (Å²) in [5.41, 5.74) is 8.50. The lowest BCUT2D eigenvalue weighted by molar-refractivity contribution is -0.148. The van der Waals surface area contributed by atoms with E-state index in [9.17, 15) is 15.4 Å². The molecule has 0 spiro atoms. The van der Waals surface area contributed by atoms with Crippen LogP contribution < -0.4 is 14.2 Å². The van der Waals surface area contributed by atoms with Crippen LogP contribution in [0.2, 0.25) is 0 Å². The van der Waals surface area contributed by atoms with Gasteiger partial charge in [0.1, 0.15) is 5.54 Å². The number of aromatic nitrogens is 2. The van der Waals surface area contributed by atoms with E-state index in [2.05, 4.69) is 20.0 Å². The number of aliphatic carboxylic acids is 1. The normalized spacial score (nSPS) is 11.7. The molecule has 1 N–H and O–H groups in total. The molecule has 0 aliphatic rings. The van der Waals surface area contributed by atoms with Gasteiger partial charge in [0.2, 0.25) is 17.9 Å². The van der Waals surface area contributed by atoms with Gasteiger partial charge in [-0.1, -0.05) is 65.8 Å². The maximum absolute atomic E-state index is 12.5. The first-order valence-corrected chi connectivity index (χ1v) is 9.09. The van der Waals surface area contributed by atoms with Gasteiger partial charge in [0.15, 0.2) is 0 Å². The van der Waals surface area contributed by atoms with Crippen LogP contribution in [0, 0.1) is 0 Å². The average Bonchev–Trinajstić information content (AvgIpc) is 2.82. The highest BCUT2D eigenvalue weighted by Crippen LogP contribution is 2.39. The van der Waals surface area contributed by atoms with Crippen LogP contribution in [0.3, 0.4) is 0 Å². The molecule has 158 valence electrons. The van der Waals surface area contributed by atoms with Gasteiger partial charge in [-0.25, -0.2) is 4.79 Å². The molecule has 10 nitrogen and oxygen atoms in total. The van der Waals surface area contributed by atoms with Crippen LogP contribution in [0.4, 0.5) is 0 Å². The van der Waals surface area contributed by atoms with Crippen molar-refractivity contribution in [2.45, 2.75) is 11.6 Å². The number of carbonyl (C=O) groups is 1. The van der Waals surface area contributed by atoms with Crippen molar-refractivity contribution in [2.75, 3.05) is 14.2 Å². The smallest absolute Gasteiger partial charge is 0.346 e. The second-order valence-electron chi connectivity index (χ2n) is 6.26. The third-order valence-corrected chi connectivity index (χ3v) is 4.53. The lowest BCUT2D eigenvalue weighted by Gasteiger charge is -2.34. The van der Waals surface area contributed by atoms with Gasteiger partial charge in [-0.3, -0.25) is 0 Å². The number of azide groups is 1. The maximum Gasteiger partial charge on any atom is 0.346 e. The number of ether oxygens (including phenoxy) is 3. The van der Waals surface area contributed by atoms with Crippen molar-refractivity contribution in [3.8, 4) is 17.8 Å². The topological polar surface area (TPSA) is 140 Å². The quantitative estimate of drug-likeness (QED) is 0.316. The number of hydrogen-bond donors (Lipinski definition) is 1. The summed E-state index contributed by atoms with van der Waals surface area (Å²) in [6.07, 6.45) is -1.72. The fourth-order valence-electron chi connectivity index (χ4n) is 3.16. The molecule has 1 aromatic heterocycles. The van der Waals surface area contributed by atoms with Crippen molar-refractivity contribution in [1.82, 2.24) is 9.97 Å². The van der Waals surface area contributed by atoms with E-state index in [-0.39, 0.29) is 17.8 Å². The Kier molecular flexibility index (Phi) is 6.54. The van der Waals surface area contributed by atoms with Crippen molar-refractivity contribution in [1.29, 1.82) is 0 Å². The van der Waals surface area contributed by atoms with Gasteiger partial charge in [0, 0.05) is 4.91 Å². The molecule has 0 aliphatic carbocycles. The zero-order valence-electron chi connectivity index (χ0n) is 16.7. The van der Waals surface area contributed by atoms with Gasteiger partial charge in [-0.05, 0) is 16.7 Å². The van der Waals surface area contributed by atoms with Crippen LogP contribution in [0.1, 0.15) is 11.1 Å². The van der Waals surface area contributed by atoms with Gasteiger partial charge in [-0.15, -0.1) is 0 Å². The average molecular weight is 421 g/mol. The summed E-state index contributed by atoms with van der Waals surface area (Å²) in [7, 11) is 2.77. The van der Waals surface area contributed by atoms with Crippen LogP contribution in [-0.4, -0.2) is 41.4 Å². The fraction of sp³-hybridized carbons (Fsp3) is 0.190. The Morgan fingerprint density at radius 2 is 1.48 bits per heavy atom. The molecule has 0 aliphatic heterocycles. The van der Waals surface area contributed by atoms with Crippen molar-refractivity contribution < 1.29 is 24.1 Å². The minimum atomic E-state index is -1.76. The SMILES string of the molecule is COc1cc(OC)nc(OC(C(=O)O)C(N=[N+]=[N-])(c2ccccc2)c2ccccc2)n1. The van der Waals surface area contributed by atoms with E-state index in [1.54, 1.807) is 60.7 Å². The molecule has 31 heavy (non-hydrogen) atoms. The summed E-state index contributed by atoms with van der Waals surface area (Å²) in [6, 6.07) is 18.1. The van der Waals surface area contributed by atoms with E-state index in [1.165, 1.54) is 20.3 Å². The molecule has 0 radical (unpaired) electrons. The molecule has 3 rings (SSSR count). The molecule has 1 unspecified atom stereocenters. The van der Waals surface area contributed by atoms with E-state index in [0.717, 1.165) is 0 Å². The van der Waals surface area contributed by atoms with Gasteiger partial charge >= 0.3 is 12.0 Å². The molecule has 0 saturated heterocycles. The summed E-state index contributed by atoms with van der Waals surface area (Å²) in [5.74, 6) is -1.16. The first-order valence-electron chi connectivity index (χ1n) is 9.09. The number of hydrogen-bond acceptors (Lipinski definition) is 7. The number of rotatable bonds is 9. The first kappa shape index (κ1) is 21.4. The highest BCUT2D eigenvalue weighted by molar-refractivity contribution is 5.77. The van der Waals surface area contributed by atoms with E-state index in [0.29, 0.717) is 11.1 Å². The highest BCUT2D eigenvalue weighted by Gasteiger charge is 2.48. The Morgan fingerprint density at radius 1 is 1.00 bits per heavy atom. The first-order chi connectivity index (χ1) is 15.0. The lowest BCUT2D eigenvalue weighted by atomic mass is 9.78. The monoisotopic (exact) mass is 421 g/mol. The summed E-state index contributed by atoms with van der Waals surface area (Å²) in [6.45, 7) is 0. The predicted octanol–water partition coefficient (Wildman–Crippen LogP) is 3.58. The number of nitrogens with zero attached hydrogens (tertiary/aromatic N) is 5. The summed E-state index contributed by atoms with van der Waals surface area (Å²) >= 11 is 0. The Balaban J connectivity index is 2.24. The zero-order valence-corrected chi connectivity index (χ0v) is 16.7. The van der Waals surface area contributed by atoms with Crippen molar-refractivity contribution in [3.63, 3.8) is 0 Å². The van der Waals surface area contributed by atoms with Crippen LogP contribution in [0.5, 0.6) is 17.8 Å². The zero-order chi connectivity index (χ0) is 22.3. The van der Waals surface area contributed by atoms with Crippen LogP contribution in [0.15, 0.2) is 71.8 Å². The van der Waals surface area contributed by atoms with Gasteiger partial charge in [0.05, 0.1) is 20.3 Å². The largest absolute Gasteiger partial charge is 0.481 e. The lowest BCUT2D eigenvalue weighted by Crippen LogP contribution is -2.48. The molecule has 0 bridgehead atoms. The fourth-order valence-corrected chi connectivity index (χ4v) is 3.16. The van der Waals surface area contributed by atoms with Crippen molar-refractivity contribution in [2.24, 2.45) is 5.11 Å². The number of benzene rings is 2.